The number of aromatic amines is 1. The van der Waals surface area contributed by atoms with Crippen LogP contribution in [0.15, 0.2) is 54.6 Å². The Kier molecular flexibility index (Phi) is 4.12. The van der Waals surface area contributed by atoms with Crippen LogP contribution in [0.3, 0.4) is 0 Å². The van der Waals surface area contributed by atoms with Crippen molar-refractivity contribution in [1.82, 2.24) is 4.98 Å². The number of nitrogens with two attached hydrogens (primary N) is 1. The van der Waals surface area contributed by atoms with Crippen LogP contribution in [0.1, 0.15) is 21.6 Å². The van der Waals surface area contributed by atoms with Crippen LogP contribution in [0.25, 0.3) is 22.4 Å². The number of benzene rings is 2. The van der Waals surface area contributed by atoms with Crippen molar-refractivity contribution >= 4 is 5.91 Å². The van der Waals surface area contributed by atoms with Crippen LogP contribution < -0.4 is 5.73 Å². The molecular weight excluding hydrogens is 329 g/mol. The second kappa shape index (κ2) is 6.12. The average Bonchev–Trinajstić information content (AvgIpc) is 3.04. The highest BCUT2D eigenvalue weighted by molar-refractivity contribution is 5.92. The number of hydrogen-bond acceptors (Lipinski definition) is 1. The molecule has 128 valence electrons. The Labute approximate surface area is 142 Å². The molecule has 0 aliphatic heterocycles. The van der Waals surface area contributed by atoms with E-state index in [0.717, 1.165) is 34.5 Å². The molecule has 0 aliphatic rings. The van der Waals surface area contributed by atoms with Gasteiger partial charge in [0.1, 0.15) is 5.69 Å². The molecule has 0 atom stereocenters. The fourth-order valence-electron chi connectivity index (χ4n) is 2.69. The van der Waals surface area contributed by atoms with E-state index in [1.165, 1.54) is 12.1 Å². The minimum Gasteiger partial charge on any atom is -0.364 e. The quantitative estimate of drug-likeness (QED) is 0.706. The smallest absolute Gasteiger partial charge is 0.364 e. The Hall–Kier alpha value is -3.02. The number of aromatic nitrogens is 1. The zero-order chi connectivity index (χ0) is 18.2. The average molecular weight is 344 g/mol. The first kappa shape index (κ1) is 16.8. The van der Waals surface area contributed by atoms with Crippen LogP contribution in [-0.2, 0) is 6.18 Å². The highest BCUT2D eigenvalue weighted by atomic mass is 19.4. The van der Waals surface area contributed by atoms with E-state index in [2.05, 4.69) is 4.98 Å². The monoisotopic (exact) mass is 344 g/mol. The zero-order valence-electron chi connectivity index (χ0n) is 13.3. The Morgan fingerprint density at radius 1 is 0.960 bits per heavy atom. The van der Waals surface area contributed by atoms with E-state index in [9.17, 15) is 18.0 Å². The maximum Gasteiger partial charge on any atom is 0.416 e. The van der Waals surface area contributed by atoms with Gasteiger partial charge in [-0.25, -0.2) is 0 Å². The summed E-state index contributed by atoms with van der Waals surface area (Å²) in [4.78, 5) is 14.1. The van der Waals surface area contributed by atoms with Crippen LogP contribution in [0.4, 0.5) is 13.2 Å². The number of rotatable bonds is 3. The summed E-state index contributed by atoms with van der Waals surface area (Å²) >= 11 is 0. The lowest BCUT2D eigenvalue weighted by molar-refractivity contribution is -0.137. The molecule has 3 N–H and O–H groups in total. The van der Waals surface area contributed by atoms with Crippen molar-refractivity contribution in [2.45, 2.75) is 13.1 Å². The molecular formula is C19H15F3N2O. The van der Waals surface area contributed by atoms with Gasteiger partial charge in [-0.2, -0.15) is 13.2 Å². The maximum absolute atomic E-state index is 12.6. The fraction of sp³-hybridized carbons (Fsp3) is 0.105. The van der Waals surface area contributed by atoms with E-state index in [0.29, 0.717) is 11.3 Å². The van der Waals surface area contributed by atoms with Gasteiger partial charge in [-0.1, -0.05) is 30.3 Å². The van der Waals surface area contributed by atoms with Crippen LogP contribution >= 0.6 is 0 Å². The van der Waals surface area contributed by atoms with Crippen LogP contribution in [0, 0.1) is 6.92 Å². The Morgan fingerprint density at radius 2 is 1.60 bits per heavy atom. The van der Waals surface area contributed by atoms with E-state index >= 15 is 0 Å². The summed E-state index contributed by atoms with van der Waals surface area (Å²) in [5, 5.41) is 0. The van der Waals surface area contributed by atoms with E-state index in [-0.39, 0.29) is 0 Å². The molecule has 0 unspecified atom stereocenters. The number of carbonyl (C=O) groups is 1. The lowest BCUT2D eigenvalue weighted by Crippen LogP contribution is -2.10. The number of nitrogens with one attached hydrogen (secondary N) is 1. The third kappa shape index (κ3) is 3.42. The summed E-state index contributed by atoms with van der Waals surface area (Å²) in [6, 6.07) is 14.0. The van der Waals surface area contributed by atoms with Gasteiger partial charge in [-0.05, 0) is 47.9 Å². The molecule has 25 heavy (non-hydrogen) atoms. The Bertz CT molecular complexity index is 925. The first-order chi connectivity index (χ1) is 11.8. The fourth-order valence-corrected chi connectivity index (χ4v) is 2.69. The molecule has 0 fully saturated rings. The van der Waals surface area contributed by atoms with Crippen LogP contribution in [-0.4, -0.2) is 10.9 Å². The molecule has 1 amide bonds. The Morgan fingerprint density at radius 3 is 2.12 bits per heavy atom. The van der Waals surface area contributed by atoms with E-state index < -0.39 is 17.6 Å². The van der Waals surface area contributed by atoms with Gasteiger partial charge < -0.3 is 10.7 Å². The van der Waals surface area contributed by atoms with Gasteiger partial charge in [-0.15, -0.1) is 0 Å². The summed E-state index contributed by atoms with van der Waals surface area (Å²) in [5.41, 5.74) is 8.98. The van der Waals surface area contributed by atoms with Crippen molar-refractivity contribution in [3.63, 3.8) is 0 Å². The highest BCUT2D eigenvalue weighted by Crippen LogP contribution is 2.32. The number of H-pyrrole nitrogens is 1. The molecule has 3 nitrogen and oxygen atoms in total. The van der Waals surface area contributed by atoms with Gasteiger partial charge >= 0.3 is 6.18 Å². The number of aryl methyl sites for hydroxylation is 1. The van der Waals surface area contributed by atoms with Gasteiger partial charge in [0.05, 0.1) is 5.56 Å². The largest absolute Gasteiger partial charge is 0.416 e. The third-order valence-electron chi connectivity index (χ3n) is 4.01. The zero-order valence-corrected chi connectivity index (χ0v) is 13.3. The number of carbonyl (C=O) groups excluding carboxylic acids is 1. The number of amides is 1. The van der Waals surface area contributed by atoms with Crippen molar-refractivity contribution in [3.05, 3.63) is 71.4 Å². The lowest BCUT2D eigenvalue weighted by Gasteiger charge is -2.10. The van der Waals surface area contributed by atoms with Gasteiger partial charge in [0.25, 0.3) is 5.91 Å². The van der Waals surface area contributed by atoms with Gasteiger partial charge in [0.2, 0.25) is 0 Å². The SMILES string of the molecule is Cc1cc(-c2ccc(C(F)(F)F)cc2)ccc1-c1ccc(C(N)=O)[nH]1. The molecule has 3 aromatic rings. The molecule has 0 saturated heterocycles. The summed E-state index contributed by atoms with van der Waals surface area (Å²) < 4.78 is 37.9. The molecule has 0 saturated carbocycles. The van der Waals surface area contributed by atoms with E-state index in [1.54, 1.807) is 12.1 Å². The van der Waals surface area contributed by atoms with E-state index in [1.807, 2.05) is 25.1 Å². The summed E-state index contributed by atoms with van der Waals surface area (Å²) in [6.07, 6.45) is -4.34. The maximum atomic E-state index is 12.6. The molecule has 0 bridgehead atoms. The van der Waals surface area contributed by atoms with Crippen molar-refractivity contribution in [1.29, 1.82) is 0 Å². The molecule has 0 radical (unpaired) electrons. The van der Waals surface area contributed by atoms with Gasteiger partial charge in [-0.3, -0.25) is 4.79 Å². The van der Waals surface area contributed by atoms with Crippen LogP contribution in [0.2, 0.25) is 0 Å². The minimum absolute atomic E-state index is 0.321. The first-order valence-electron chi connectivity index (χ1n) is 7.53. The molecule has 3 rings (SSSR count). The Balaban J connectivity index is 1.92. The number of primary amides is 1. The molecule has 0 spiro atoms. The van der Waals surface area contributed by atoms with Crippen molar-refractivity contribution in [3.8, 4) is 22.4 Å². The normalized spacial score (nSPS) is 11.5. The van der Waals surface area contributed by atoms with Gasteiger partial charge in [0, 0.05) is 11.3 Å². The minimum atomic E-state index is -4.34. The third-order valence-corrected chi connectivity index (χ3v) is 4.01. The second-order valence-corrected chi connectivity index (χ2v) is 5.75. The standard InChI is InChI=1S/C19H15F3N2O/c1-11-10-13(12-2-5-14(6-3-12)19(20,21)22)4-7-15(11)16-8-9-17(24-16)18(23)25/h2-10,24H,1H3,(H2,23,25). The number of hydrogen-bond donors (Lipinski definition) is 2. The molecule has 1 aromatic heterocycles. The van der Waals surface area contributed by atoms with Gasteiger partial charge in [0.15, 0.2) is 0 Å². The highest BCUT2D eigenvalue weighted by Gasteiger charge is 2.29. The lowest BCUT2D eigenvalue weighted by atomic mass is 9.98. The predicted octanol–water partition coefficient (Wildman–Crippen LogP) is 4.77. The predicted molar refractivity (Wildman–Crippen MR) is 89.9 cm³/mol. The molecule has 6 heteroatoms. The van der Waals surface area contributed by atoms with Crippen LogP contribution in [0.5, 0.6) is 0 Å². The topological polar surface area (TPSA) is 58.9 Å². The number of halogens is 3. The first-order valence-corrected chi connectivity index (χ1v) is 7.53. The van der Waals surface area contributed by atoms with E-state index in [4.69, 9.17) is 5.73 Å². The second-order valence-electron chi connectivity index (χ2n) is 5.75. The van der Waals surface area contributed by atoms with Crippen molar-refractivity contribution < 1.29 is 18.0 Å². The van der Waals surface area contributed by atoms with Crippen molar-refractivity contribution in [2.75, 3.05) is 0 Å². The summed E-state index contributed by atoms with van der Waals surface area (Å²) in [6.45, 7) is 1.90. The summed E-state index contributed by atoms with van der Waals surface area (Å²) in [7, 11) is 0. The molecule has 1 heterocycles. The van der Waals surface area contributed by atoms with Crippen molar-refractivity contribution in [2.24, 2.45) is 5.73 Å². The number of alkyl halides is 3. The summed E-state index contributed by atoms with van der Waals surface area (Å²) in [5.74, 6) is -0.537. The molecule has 2 aromatic carbocycles. The molecule has 0 aliphatic carbocycles.